The number of hydrogen-bond acceptors (Lipinski definition) is 5. The summed E-state index contributed by atoms with van der Waals surface area (Å²) >= 11 is 0. The molecule has 0 bridgehead atoms. The predicted octanol–water partition coefficient (Wildman–Crippen LogP) is 2.76. The Bertz CT molecular complexity index is 731. The highest BCUT2D eigenvalue weighted by molar-refractivity contribution is 14.0. The smallest absolute Gasteiger partial charge is 0.191 e. The Labute approximate surface area is 180 Å². The Morgan fingerprint density at radius 1 is 1.22 bits per heavy atom. The third kappa shape index (κ3) is 7.36. The molecule has 9 heteroatoms. The third-order valence-corrected chi connectivity index (χ3v) is 6.68. The summed E-state index contributed by atoms with van der Waals surface area (Å²) in [6, 6.07) is 5.46. The highest BCUT2D eigenvalue weighted by Gasteiger charge is 2.28. The largest absolute Gasteiger partial charge is 0.497 e. The molecule has 0 fully saturated rings. The van der Waals surface area contributed by atoms with E-state index in [1.807, 2.05) is 25.1 Å². The van der Waals surface area contributed by atoms with Crippen molar-refractivity contribution in [1.82, 2.24) is 10.6 Å². The van der Waals surface area contributed by atoms with E-state index in [4.69, 9.17) is 9.47 Å². The first-order chi connectivity index (χ1) is 12.1. The molecule has 0 spiro atoms. The molecule has 1 atom stereocenters. The zero-order valence-electron chi connectivity index (χ0n) is 17.1. The summed E-state index contributed by atoms with van der Waals surface area (Å²) in [6.07, 6.45) is 0. The van der Waals surface area contributed by atoms with Crippen LogP contribution in [0.5, 0.6) is 11.5 Å². The average Bonchev–Trinajstić information content (AvgIpc) is 2.58. The van der Waals surface area contributed by atoms with Crippen LogP contribution in [0.4, 0.5) is 0 Å². The molecule has 0 heterocycles. The van der Waals surface area contributed by atoms with Crippen LogP contribution in [0, 0.1) is 0 Å². The molecule has 7 nitrogen and oxygen atoms in total. The van der Waals surface area contributed by atoms with E-state index in [1.54, 1.807) is 42.0 Å². The number of rotatable bonds is 7. The molecule has 0 radical (unpaired) electrons. The Morgan fingerprint density at radius 3 is 2.33 bits per heavy atom. The first-order valence-electron chi connectivity index (χ1n) is 8.47. The van der Waals surface area contributed by atoms with Crippen LogP contribution in [-0.4, -0.2) is 52.7 Å². The van der Waals surface area contributed by atoms with Crippen molar-refractivity contribution < 1.29 is 17.9 Å². The maximum Gasteiger partial charge on any atom is 0.191 e. The summed E-state index contributed by atoms with van der Waals surface area (Å²) < 4.78 is 34.3. The molecule has 0 amide bonds. The van der Waals surface area contributed by atoms with E-state index in [0.29, 0.717) is 5.96 Å². The van der Waals surface area contributed by atoms with Crippen LogP contribution >= 0.6 is 24.0 Å². The van der Waals surface area contributed by atoms with E-state index in [0.717, 1.165) is 17.1 Å². The molecule has 1 aromatic carbocycles. The van der Waals surface area contributed by atoms with E-state index in [2.05, 4.69) is 15.6 Å². The number of methoxy groups -OCH3 is 2. The van der Waals surface area contributed by atoms with Crippen LogP contribution in [0.1, 0.15) is 39.3 Å². The van der Waals surface area contributed by atoms with Crippen LogP contribution in [0.25, 0.3) is 0 Å². The Hall–Kier alpha value is -1.23. The summed E-state index contributed by atoms with van der Waals surface area (Å²) in [5.74, 6) is 2.02. The Balaban J connectivity index is 0.00000676. The monoisotopic (exact) mass is 513 g/mol. The highest BCUT2D eigenvalue weighted by atomic mass is 127. The lowest BCUT2D eigenvalue weighted by Gasteiger charge is -2.22. The molecule has 1 unspecified atom stereocenters. The first-order valence-corrected chi connectivity index (χ1v) is 10.1. The number of sulfone groups is 1. The zero-order chi connectivity index (χ0) is 20.0. The molecule has 1 rings (SSSR count). The molecule has 0 aromatic heterocycles. The van der Waals surface area contributed by atoms with Gasteiger partial charge in [0.1, 0.15) is 11.5 Å². The van der Waals surface area contributed by atoms with Gasteiger partial charge in [0, 0.05) is 19.2 Å². The van der Waals surface area contributed by atoms with Gasteiger partial charge in [-0.1, -0.05) is 0 Å². The minimum Gasteiger partial charge on any atom is -0.497 e. The van der Waals surface area contributed by atoms with Gasteiger partial charge in [0.15, 0.2) is 15.8 Å². The number of nitrogens with zero attached hydrogens (tertiary/aromatic N) is 1. The maximum absolute atomic E-state index is 12.2. The zero-order valence-corrected chi connectivity index (χ0v) is 20.3. The van der Waals surface area contributed by atoms with Crippen molar-refractivity contribution in [3.05, 3.63) is 23.8 Å². The van der Waals surface area contributed by atoms with E-state index in [1.165, 1.54) is 0 Å². The van der Waals surface area contributed by atoms with Gasteiger partial charge in [-0.2, -0.15) is 0 Å². The fraction of sp³-hybridized carbons (Fsp3) is 0.611. The molecule has 2 N–H and O–H groups in total. The summed E-state index contributed by atoms with van der Waals surface area (Å²) in [4.78, 5) is 4.16. The van der Waals surface area contributed by atoms with Gasteiger partial charge in [-0.3, -0.25) is 4.99 Å². The van der Waals surface area contributed by atoms with Gasteiger partial charge in [0.2, 0.25) is 0 Å². The lowest BCUT2D eigenvalue weighted by Crippen LogP contribution is -2.42. The van der Waals surface area contributed by atoms with Crippen LogP contribution in [0.3, 0.4) is 0 Å². The molecule has 1 aromatic rings. The van der Waals surface area contributed by atoms with Crippen molar-refractivity contribution in [2.75, 3.05) is 33.6 Å². The summed E-state index contributed by atoms with van der Waals surface area (Å²) in [5, 5.41) is 6.29. The molecule has 0 aliphatic heterocycles. The first kappa shape index (κ1) is 25.8. The molecule has 0 saturated carbocycles. The fourth-order valence-corrected chi connectivity index (χ4v) is 3.25. The molecule has 0 aliphatic carbocycles. The number of nitrogens with one attached hydrogen (secondary N) is 2. The van der Waals surface area contributed by atoms with Gasteiger partial charge in [-0.25, -0.2) is 8.42 Å². The van der Waals surface area contributed by atoms with E-state index < -0.39 is 14.6 Å². The normalized spacial score (nSPS) is 13.4. The fourth-order valence-electron chi connectivity index (χ4n) is 2.27. The number of halogens is 1. The third-order valence-electron chi connectivity index (χ3n) is 4.08. The average molecular weight is 513 g/mol. The number of guanidine groups is 1. The SMILES string of the molecule is CN=C(NCCS(=O)(=O)C(C)(C)C)NC(C)c1cc(OC)ccc1OC.I. The second-order valence-corrected chi connectivity index (χ2v) is 9.77. The van der Waals surface area contributed by atoms with Crippen LogP contribution in [0.2, 0.25) is 0 Å². The number of hydrogen-bond donors (Lipinski definition) is 2. The number of aliphatic imine (C=N–C) groups is 1. The van der Waals surface area contributed by atoms with Crippen molar-refractivity contribution in [3.8, 4) is 11.5 Å². The van der Waals surface area contributed by atoms with Gasteiger partial charge in [0.25, 0.3) is 0 Å². The molecular formula is C18H32IN3O4S. The molecule has 27 heavy (non-hydrogen) atoms. The van der Waals surface area contributed by atoms with E-state index in [-0.39, 0.29) is 42.3 Å². The van der Waals surface area contributed by atoms with E-state index >= 15 is 0 Å². The number of ether oxygens (including phenoxy) is 2. The van der Waals surface area contributed by atoms with Crippen LogP contribution in [0.15, 0.2) is 23.2 Å². The minimum atomic E-state index is -3.18. The highest BCUT2D eigenvalue weighted by Crippen LogP contribution is 2.29. The van der Waals surface area contributed by atoms with Gasteiger partial charge in [0.05, 0.1) is 30.8 Å². The van der Waals surface area contributed by atoms with Crippen molar-refractivity contribution in [3.63, 3.8) is 0 Å². The second-order valence-electron chi connectivity index (χ2n) is 6.90. The van der Waals surface area contributed by atoms with Gasteiger partial charge >= 0.3 is 0 Å². The van der Waals surface area contributed by atoms with Crippen molar-refractivity contribution in [1.29, 1.82) is 0 Å². The molecule has 0 aliphatic rings. The lowest BCUT2D eigenvalue weighted by atomic mass is 10.1. The van der Waals surface area contributed by atoms with Crippen LogP contribution in [-0.2, 0) is 9.84 Å². The Kier molecular flexibility index (Phi) is 10.4. The van der Waals surface area contributed by atoms with Crippen molar-refractivity contribution >= 4 is 39.8 Å². The predicted molar refractivity (Wildman–Crippen MR) is 121 cm³/mol. The summed E-state index contributed by atoms with van der Waals surface area (Å²) in [7, 11) is 1.68. The summed E-state index contributed by atoms with van der Waals surface area (Å²) in [6.45, 7) is 7.35. The molecular weight excluding hydrogens is 481 g/mol. The summed E-state index contributed by atoms with van der Waals surface area (Å²) in [5.41, 5.74) is 0.914. The van der Waals surface area contributed by atoms with Crippen LogP contribution < -0.4 is 20.1 Å². The minimum absolute atomic E-state index is 0. The standard InChI is InChI=1S/C18H31N3O4S.HI/c1-13(15-12-14(24-6)8-9-16(15)25-7)21-17(19-5)20-10-11-26(22,23)18(2,3)4;/h8-9,12-13H,10-11H2,1-7H3,(H2,19,20,21);1H. The number of benzene rings is 1. The maximum atomic E-state index is 12.2. The van der Waals surface area contributed by atoms with Gasteiger partial charge < -0.3 is 20.1 Å². The van der Waals surface area contributed by atoms with Crippen molar-refractivity contribution in [2.24, 2.45) is 4.99 Å². The van der Waals surface area contributed by atoms with E-state index in [9.17, 15) is 8.42 Å². The lowest BCUT2D eigenvalue weighted by molar-refractivity contribution is 0.394. The van der Waals surface area contributed by atoms with Gasteiger partial charge in [-0.05, 0) is 45.9 Å². The molecule has 156 valence electrons. The second kappa shape index (κ2) is 10.9. The van der Waals surface area contributed by atoms with Crippen molar-refractivity contribution in [2.45, 2.75) is 38.5 Å². The van der Waals surface area contributed by atoms with Gasteiger partial charge in [-0.15, -0.1) is 24.0 Å². The Morgan fingerprint density at radius 2 is 1.85 bits per heavy atom. The topological polar surface area (TPSA) is 89.0 Å². The quantitative estimate of drug-likeness (QED) is 0.331. The molecule has 0 saturated heterocycles.